The number of hydrogen-bond acceptors (Lipinski definition) is 5. The van der Waals surface area contributed by atoms with Crippen LogP contribution in [0.4, 0.5) is 0 Å². The summed E-state index contributed by atoms with van der Waals surface area (Å²) < 4.78 is 5.41. The zero-order chi connectivity index (χ0) is 11.6. The van der Waals surface area contributed by atoms with E-state index in [1.165, 1.54) is 0 Å². The summed E-state index contributed by atoms with van der Waals surface area (Å²) in [4.78, 5) is 0. The van der Waals surface area contributed by atoms with Crippen molar-refractivity contribution in [1.29, 1.82) is 0 Å². The van der Waals surface area contributed by atoms with Gasteiger partial charge >= 0.3 is 0 Å². The number of rotatable bonds is 3. The summed E-state index contributed by atoms with van der Waals surface area (Å²) in [6.07, 6.45) is -2.88. The van der Waals surface area contributed by atoms with Crippen molar-refractivity contribution in [3.63, 3.8) is 0 Å². The van der Waals surface area contributed by atoms with Gasteiger partial charge in [0.25, 0.3) is 0 Å². The fraction of sp³-hybridized carbons (Fsp3) is 1.00. The van der Waals surface area contributed by atoms with E-state index in [2.05, 4.69) is 5.32 Å². The lowest BCUT2D eigenvalue weighted by Gasteiger charge is -2.42. The first-order valence-electron chi connectivity index (χ1n) is 5.36. The normalized spacial score (nSPS) is 42.2. The molecule has 1 heterocycles. The molecule has 0 saturated carbocycles. The lowest BCUT2D eigenvalue weighted by molar-refractivity contribution is -0.190. The molecule has 1 aliphatic rings. The third kappa shape index (κ3) is 2.89. The Hall–Kier alpha value is -0.200. The highest BCUT2D eigenvalue weighted by Gasteiger charge is 2.42. The van der Waals surface area contributed by atoms with Crippen LogP contribution in [0.3, 0.4) is 0 Å². The summed E-state index contributed by atoms with van der Waals surface area (Å²) in [5.74, 6) is 0. The van der Waals surface area contributed by atoms with Gasteiger partial charge in [0.15, 0.2) is 0 Å². The van der Waals surface area contributed by atoms with E-state index in [1.807, 2.05) is 20.8 Å². The molecule has 1 aliphatic heterocycles. The average molecular weight is 219 g/mol. The minimum Gasteiger partial charge on any atom is -0.394 e. The number of aliphatic hydroxyl groups is 3. The van der Waals surface area contributed by atoms with Crippen molar-refractivity contribution >= 4 is 0 Å². The molecule has 4 N–H and O–H groups in total. The molecule has 0 aliphatic carbocycles. The molecule has 5 atom stereocenters. The largest absolute Gasteiger partial charge is 0.394 e. The van der Waals surface area contributed by atoms with Crippen LogP contribution in [0.5, 0.6) is 0 Å². The van der Waals surface area contributed by atoms with Crippen LogP contribution < -0.4 is 5.32 Å². The van der Waals surface area contributed by atoms with Gasteiger partial charge in [-0.05, 0) is 6.92 Å². The number of ether oxygens (including phenoxy) is 1. The maximum Gasteiger partial charge on any atom is 0.110 e. The van der Waals surface area contributed by atoms with Crippen LogP contribution in [-0.4, -0.2) is 58.4 Å². The first kappa shape index (κ1) is 12.9. The Labute approximate surface area is 90.1 Å². The van der Waals surface area contributed by atoms with E-state index < -0.39 is 18.3 Å². The summed E-state index contributed by atoms with van der Waals surface area (Å²) >= 11 is 0. The molecule has 0 radical (unpaired) electrons. The molecule has 1 fully saturated rings. The molecular weight excluding hydrogens is 198 g/mol. The summed E-state index contributed by atoms with van der Waals surface area (Å²) in [5, 5.41) is 31.6. The number of aliphatic hydroxyl groups excluding tert-OH is 3. The van der Waals surface area contributed by atoms with Gasteiger partial charge in [0.1, 0.15) is 18.3 Å². The van der Waals surface area contributed by atoms with Crippen molar-refractivity contribution in [2.75, 3.05) is 6.61 Å². The van der Waals surface area contributed by atoms with Crippen LogP contribution in [0.1, 0.15) is 20.8 Å². The molecule has 1 rings (SSSR count). The highest BCUT2D eigenvalue weighted by Crippen LogP contribution is 2.21. The summed E-state index contributed by atoms with van der Waals surface area (Å²) in [6.45, 7) is 5.46. The second-order valence-electron chi connectivity index (χ2n) is 4.39. The molecule has 5 nitrogen and oxygen atoms in total. The third-order valence-corrected chi connectivity index (χ3v) is 2.70. The van der Waals surface area contributed by atoms with Crippen LogP contribution >= 0.6 is 0 Å². The zero-order valence-corrected chi connectivity index (χ0v) is 9.42. The van der Waals surface area contributed by atoms with Gasteiger partial charge < -0.3 is 25.4 Å². The Bertz CT molecular complexity index is 200. The minimum absolute atomic E-state index is 0.202. The summed E-state index contributed by atoms with van der Waals surface area (Å²) in [7, 11) is 0. The Morgan fingerprint density at radius 1 is 1.27 bits per heavy atom. The van der Waals surface area contributed by atoms with Crippen LogP contribution in [0.2, 0.25) is 0 Å². The Balaban J connectivity index is 2.66. The van der Waals surface area contributed by atoms with Crippen molar-refractivity contribution < 1.29 is 20.1 Å². The molecule has 0 spiro atoms. The van der Waals surface area contributed by atoms with Gasteiger partial charge in [-0.3, -0.25) is 0 Å². The van der Waals surface area contributed by atoms with Gasteiger partial charge in [-0.15, -0.1) is 0 Å². The molecule has 0 bridgehead atoms. The SMILES string of the molecule is CC(C)NC1C(C)OC(CO)[C@@H](O)[C@@H]1O. The second kappa shape index (κ2) is 5.23. The fourth-order valence-electron chi connectivity index (χ4n) is 1.92. The fourth-order valence-corrected chi connectivity index (χ4v) is 1.92. The van der Waals surface area contributed by atoms with Gasteiger partial charge in [0, 0.05) is 6.04 Å². The first-order valence-corrected chi connectivity index (χ1v) is 5.36. The summed E-state index contributed by atoms with van der Waals surface area (Å²) in [6, 6.07) is -0.101. The second-order valence-corrected chi connectivity index (χ2v) is 4.39. The molecule has 0 amide bonds. The average Bonchev–Trinajstić information content (AvgIpc) is 2.18. The first-order chi connectivity index (χ1) is 6.97. The maximum atomic E-state index is 9.85. The third-order valence-electron chi connectivity index (χ3n) is 2.70. The monoisotopic (exact) mass is 219 g/mol. The maximum absolute atomic E-state index is 9.85. The van der Waals surface area contributed by atoms with E-state index in [1.54, 1.807) is 0 Å². The van der Waals surface area contributed by atoms with Crippen LogP contribution in [-0.2, 0) is 4.74 Å². The lowest BCUT2D eigenvalue weighted by Crippen LogP contribution is -2.63. The van der Waals surface area contributed by atoms with Gasteiger partial charge in [-0.25, -0.2) is 0 Å². The zero-order valence-electron chi connectivity index (χ0n) is 9.42. The molecule has 5 heteroatoms. The lowest BCUT2D eigenvalue weighted by atomic mass is 9.93. The van der Waals surface area contributed by atoms with Gasteiger partial charge in [0.05, 0.1) is 18.8 Å². The Morgan fingerprint density at radius 2 is 1.87 bits per heavy atom. The molecule has 15 heavy (non-hydrogen) atoms. The van der Waals surface area contributed by atoms with E-state index >= 15 is 0 Å². The molecule has 3 unspecified atom stereocenters. The van der Waals surface area contributed by atoms with Crippen molar-refractivity contribution in [2.45, 2.75) is 57.3 Å². The topological polar surface area (TPSA) is 82.0 Å². The molecular formula is C10H21NO4. The number of nitrogens with one attached hydrogen (secondary N) is 1. The Morgan fingerprint density at radius 3 is 2.33 bits per heavy atom. The van der Waals surface area contributed by atoms with E-state index in [0.717, 1.165) is 0 Å². The van der Waals surface area contributed by atoms with E-state index in [0.29, 0.717) is 0 Å². The van der Waals surface area contributed by atoms with Crippen molar-refractivity contribution in [3.8, 4) is 0 Å². The van der Waals surface area contributed by atoms with E-state index in [4.69, 9.17) is 9.84 Å². The quantitative estimate of drug-likeness (QED) is 0.482. The van der Waals surface area contributed by atoms with Crippen LogP contribution in [0, 0.1) is 0 Å². The molecule has 0 aromatic rings. The molecule has 1 saturated heterocycles. The van der Waals surface area contributed by atoms with Crippen molar-refractivity contribution in [3.05, 3.63) is 0 Å². The standard InChI is InChI=1S/C10H21NO4/c1-5(2)11-8-6(3)15-7(4-12)9(13)10(8)14/h5-14H,4H2,1-3H3/t6?,7?,8?,9-,10-/m1/s1. The number of hydrogen-bond donors (Lipinski definition) is 4. The van der Waals surface area contributed by atoms with Gasteiger partial charge in [0.2, 0.25) is 0 Å². The van der Waals surface area contributed by atoms with Gasteiger partial charge in [-0.2, -0.15) is 0 Å². The van der Waals surface area contributed by atoms with Crippen LogP contribution in [0.25, 0.3) is 0 Å². The predicted molar refractivity (Wildman–Crippen MR) is 55.5 cm³/mol. The molecule has 0 aromatic carbocycles. The van der Waals surface area contributed by atoms with Crippen LogP contribution in [0.15, 0.2) is 0 Å². The summed E-state index contributed by atoms with van der Waals surface area (Å²) in [5.41, 5.74) is 0. The predicted octanol–water partition coefficient (Wildman–Crippen LogP) is -1.15. The highest BCUT2D eigenvalue weighted by molar-refractivity contribution is 4.95. The van der Waals surface area contributed by atoms with Crippen molar-refractivity contribution in [1.82, 2.24) is 5.32 Å². The van der Waals surface area contributed by atoms with Crippen molar-refractivity contribution in [2.24, 2.45) is 0 Å². The Kier molecular flexibility index (Phi) is 4.48. The van der Waals surface area contributed by atoms with Gasteiger partial charge in [-0.1, -0.05) is 13.8 Å². The molecule has 90 valence electrons. The van der Waals surface area contributed by atoms with E-state index in [9.17, 15) is 10.2 Å². The molecule has 0 aromatic heterocycles. The highest BCUT2D eigenvalue weighted by atomic mass is 16.5. The van der Waals surface area contributed by atoms with E-state index in [-0.39, 0.29) is 24.8 Å². The smallest absolute Gasteiger partial charge is 0.110 e. The minimum atomic E-state index is -1.04.